The molecule has 0 radical (unpaired) electrons. The van der Waals surface area contributed by atoms with E-state index in [1.807, 2.05) is 32.9 Å². The number of halogens is 1. The van der Waals surface area contributed by atoms with E-state index in [0.717, 1.165) is 33.4 Å². The highest BCUT2D eigenvalue weighted by Gasteiger charge is 2.14. The van der Waals surface area contributed by atoms with Crippen molar-refractivity contribution in [1.82, 2.24) is 0 Å². The highest BCUT2D eigenvalue weighted by Crippen LogP contribution is 2.34. The molecule has 0 saturated heterocycles. The molecule has 0 atom stereocenters. The van der Waals surface area contributed by atoms with Gasteiger partial charge in [0.25, 0.3) is 0 Å². The van der Waals surface area contributed by atoms with Crippen LogP contribution in [0.3, 0.4) is 0 Å². The Balaban J connectivity index is 1.93. The van der Waals surface area contributed by atoms with Gasteiger partial charge in [-0.15, -0.1) is 0 Å². The first-order chi connectivity index (χ1) is 12.4. The van der Waals surface area contributed by atoms with Gasteiger partial charge in [-0.05, 0) is 62.2 Å². The van der Waals surface area contributed by atoms with Crippen molar-refractivity contribution in [3.63, 3.8) is 0 Å². The van der Waals surface area contributed by atoms with Crippen molar-refractivity contribution in [1.29, 1.82) is 0 Å². The zero-order valence-electron chi connectivity index (χ0n) is 15.1. The first-order valence-electron chi connectivity index (χ1n) is 8.22. The fourth-order valence-electron chi connectivity index (χ4n) is 2.83. The number of amides is 1. The third-order valence-electron chi connectivity index (χ3n) is 4.38. The summed E-state index contributed by atoms with van der Waals surface area (Å²) >= 11 is 0. The summed E-state index contributed by atoms with van der Waals surface area (Å²) in [6.45, 7) is 5.76. The molecule has 4 nitrogen and oxygen atoms in total. The van der Waals surface area contributed by atoms with Crippen LogP contribution in [0.4, 0.5) is 10.1 Å². The van der Waals surface area contributed by atoms with Crippen LogP contribution in [0.2, 0.25) is 0 Å². The number of furan rings is 1. The summed E-state index contributed by atoms with van der Waals surface area (Å²) in [5.74, 6) is 0.847. The lowest BCUT2D eigenvalue weighted by atomic mass is 10.0. The minimum Gasteiger partial charge on any atom is -0.496 e. The van der Waals surface area contributed by atoms with Crippen LogP contribution in [-0.4, -0.2) is 13.0 Å². The summed E-state index contributed by atoms with van der Waals surface area (Å²) < 4.78 is 24.2. The second-order valence-electron chi connectivity index (χ2n) is 6.16. The van der Waals surface area contributed by atoms with E-state index in [2.05, 4.69) is 5.32 Å². The first kappa shape index (κ1) is 17.7. The molecule has 26 heavy (non-hydrogen) atoms. The van der Waals surface area contributed by atoms with Gasteiger partial charge in [0.05, 0.1) is 7.11 Å². The molecule has 1 aromatic heterocycles. The van der Waals surface area contributed by atoms with E-state index in [9.17, 15) is 9.18 Å². The van der Waals surface area contributed by atoms with E-state index in [0.29, 0.717) is 11.4 Å². The number of hydrogen-bond donors (Lipinski definition) is 1. The number of rotatable bonds is 4. The Morgan fingerprint density at radius 3 is 2.54 bits per heavy atom. The van der Waals surface area contributed by atoms with Crippen LogP contribution < -0.4 is 10.1 Å². The van der Waals surface area contributed by atoms with E-state index in [1.54, 1.807) is 7.11 Å². The summed E-state index contributed by atoms with van der Waals surface area (Å²) in [6.07, 6.45) is 1.50. The predicted octanol–water partition coefficient (Wildman–Crippen LogP) is 5.24. The number of hydrogen-bond acceptors (Lipinski definition) is 3. The van der Waals surface area contributed by atoms with Crippen LogP contribution in [-0.2, 0) is 4.79 Å². The maximum atomic E-state index is 13.0. The molecule has 134 valence electrons. The van der Waals surface area contributed by atoms with E-state index in [1.165, 1.54) is 30.3 Å². The van der Waals surface area contributed by atoms with E-state index in [-0.39, 0.29) is 11.7 Å². The summed E-state index contributed by atoms with van der Waals surface area (Å²) in [6, 6.07) is 9.43. The average molecular weight is 353 g/mol. The maximum Gasteiger partial charge on any atom is 0.248 e. The standard InChI is InChI=1S/C21H20FNO3/c1-12(9-21(24)23-16-7-5-15(22)6-8-16)17-10-18-13(2)14(3)26-20(18)11-19(17)25-4/h5-11H,1-4H3,(H,23,24)/b12-9+. The highest BCUT2D eigenvalue weighted by atomic mass is 19.1. The molecular weight excluding hydrogens is 333 g/mol. The fourth-order valence-corrected chi connectivity index (χ4v) is 2.83. The van der Waals surface area contributed by atoms with Gasteiger partial charge in [-0.3, -0.25) is 4.79 Å². The number of carbonyl (C=O) groups excluding carboxylic acids is 1. The number of anilines is 1. The molecule has 0 bridgehead atoms. The average Bonchev–Trinajstić information content (AvgIpc) is 2.89. The van der Waals surface area contributed by atoms with Crippen molar-refractivity contribution >= 4 is 28.1 Å². The molecule has 0 aliphatic rings. The van der Waals surface area contributed by atoms with E-state index < -0.39 is 0 Å². The number of fused-ring (bicyclic) bond motifs is 1. The Bertz CT molecular complexity index is 1000. The summed E-state index contributed by atoms with van der Waals surface area (Å²) in [4.78, 5) is 12.3. The summed E-state index contributed by atoms with van der Waals surface area (Å²) in [5.41, 5.74) is 3.92. The van der Waals surface area contributed by atoms with Crippen molar-refractivity contribution in [2.24, 2.45) is 0 Å². The van der Waals surface area contributed by atoms with Gasteiger partial charge in [-0.25, -0.2) is 4.39 Å². The van der Waals surface area contributed by atoms with Crippen molar-refractivity contribution in [2.75, 3.05) is 12.4 Å². The van der Waals surface area contributed by atoms with Crippen LogP contribution in [0.1, 0.15) is 23.8 Å². The number of nitrogens with one attached hydrogen (secondary N) is 1. The van der Waals surface area contributed by atoms with Gasteiger partial charge in [0.15, 0.2) is 0 Å². The molecule has 0 fully saturated rings. The molecule has 1 amide bonds. The SMILES string of the molecule is COc1cc2oc(C)c(C)c2cc1/C(C)=C/C(=O)Nc1ccc(F)cc1. The van der Waals surface area contributed by atoms with Gasteiger partial charge in [0.1, 0.15) is 22.9 Å². The lowest BCUT2D eigenvalue weighted by molar-refractivity contribution is -0.111. The minimum atomic E-state index is -0.349. The molecule has 1 heterocycles. The Labute approximate surface area is 151 Å². The molecule has 3 rings (SSSR count). The van der Waals surface area contributed by atoms with Crippen LogP contribution in [0.5, 0.6) is 5.75 Å². The highest BCUT2D eigenvalue weighted by molar-refractivity contribution is 6.04. The van der Waals surface area contributed by atoms with Crippen molar-refractivity contribution in [2.45, 2.75) is 20.8 Å². The largest absolute Gasteiger partial charge is 0.496 e. The predicted molar refractivity (Wildman–Crippen MR) is 101 cm³/mol. The number of allylic oxidation sites excluding steroid dienone is 1. The lowest BCUT2D eigenvalue weighted by Gasteiger charge is -2.10. The second-order valence-corrected chi connectivity index (χ2v) is 6.16. The van der Waals surface area contributed by atoms with Crippen LogP contribution in [0.15, 0.2) is 46.9 Å². The normalized spacial score (nSPS) is 11.7. The molecule has 0 unspecified atom stereocenters. The number of aryl methyl sites for hydroxylation is 2. The maximum absolute atomic E-state index is 13.0. The topological polar surface area (TPSA) is 51.5 Å². The van der Waals surface area contributed by atoms with Gasteiger partial charge in [-0.1, -0.05) is 0 Å². The van der Waals surface area contributed by atoms with Gasteiger partial charge in [0, 0.05) is 28.8 Å². The van der Waals surface area contributed by atoms with E-state index >= 15 is 0 Å². The third kappa shape index (κ3) is 3.47. The molecule has 0 aliphatic heterocycles. The third-order valence-corrected chi connectivity index (χ3v) is 4.38. The van der Waals surface area contributed by atoms with Crippen LogP contribution in [0, 0.1) is 19.7 Å². The number of ether oxygens (including phenoxy) is 1. The van der Waals surface area contributed by atoms with Crippen molar-refractivity contribution in [3.8, 4) is 5.75 Å². The van der Waals surface area contributed by atoms with Gasteiger partial charge < -0.3 is 14.5 Å². The van der Waals surface area contributed by atoms with Gasteiger partial charge >= 0.3 is 0 Å². The summed E-state index contributed by atoms with van der Waals surface area (Å²) in [5, 5.41) is 3.71. The molecule has 2 aromatic carbocycles. The molecule has 3 aromatic rings. The molecule has 1 N–H and O–H groups in total. The molecule has 0 saturated carbocycles. The number of benzene rings is 2. The second kappa shape index (κ2) is 7.04. The lowest BCUT2D eigenvalue weighted by Crippen LogP contribution is -2.08. The smallest absolute Gasteiger partial charge is 0.248 e. The first-order valence-corrected chi connectivity index (χ1v) is 8.22. The molecule has 5 heteroatoms. The zero-order valence-corrected chi connectivity index (χ0v) is 15.1. The summed E-state index contributed by atoms with van der Waals surface area (Å²) in [7, 11) is 1.58. The van der Waals surface area contributed by atoms with E-state index in [4.69, 9.17) is 9.15 Å². The molecule has 0 spiro atoms. The van der Waals surface area contributed by atoms with Crippen LogP contribution >= 0.6 is 0 Å². The Kier molecular flexibility index (Phi) is 4.80. The minimum absolute atomic E-state index is 0.295. The van der Waals surface area contributed by atoms with Crippen LogP contribution in [0.25, 0.3) is 16.5 Å². The zero-order chi connectivity index (χ0) is 18.8. The number of carbonyl (C=O) groups is 1. The Morgan fingerprint density at radius 2 is 1.88 bits per heavy atom. The van der Waals surface area contributed by atoms with Gasteiger partial charge in [0.2, 0.25) is 5.91 Å². The quantitative estimate of drug-likeness (QED) is 0.653. The van der Waals surface area contributed by atoms with Gasteiger partial charge in [-0.2, -0.15) is 0 Å². The monoisotopic (exact) mass is 353 g/mol. The number of methoxy groups -OCH3 is 1. The Morgan fingerprint density at radius 1 is 1.19 bits per heavy atom. The molecular formula is C21H20FNO3. The van der Waals surface area contributed by atoms with Crippen molar-refractivity contribution < 1.29 is 18.3 Å². The fraction of sp³-hybridized carbons (Fsp3) is 0.190. The van der Waals surface area contributed by atoms with Crippen molar-refractivity contribution in [3.05, 3.63) is 65.2 Å². The molecule has 0 aliphatic carbocycles. The Hall–Kier alpha value is -3.08.